The molecular weight excluding hydrogens is 556 g/mol. The van der Waals surface area contributed by atoms with E-state index in [4.69, 9.17) is 0 Å². The van der Waals surface area contributed by atoms with E-state index in [9.17, 15) is 30.6 Å². The molecule has 0 atom stereocenters. The SMILES string of the molecule is CCCC[N+](=C1C=C(O)C(=C2C(O)C(=C3C(O)=CC(=[N+](CCCC)c4ccccc4)C=C3O)C2O)C(O)=C1)c1ccccc1. The van der Waals surface area contributed by atoms with Gasteiger partial charge in [-0.1, -0.05) is 63.1 Å². The van der Waals surface area contributed by atoms with Gasteiger partial charge in [-0.3, -0.25) is 0 Å². The van der Waals surface area contributed by atoms with Gasteiger partial charge in [0.05, 0.1) is 35.5 Å². The van der Waals surface area contributed by atoms with Crippen LogP contribution in [0.5, 0.6) is 0 Å². The van der Waals surface area contributed by atoms with Crippen molar-refractivity contribution >= 4 is 22.8 Å². The van der Waals surface area contributed by atoms with E-state index in [1.165, 1.54) is 24.3 Å². The van der Waals surface area contributed by atoms with Gasteiger partial charge in [0, 0.05) is 48.3 Å². The molecule has 0 aliphatic heterocycles. The molecule has 44 heavy (non-hydrogen) atoms. The largest absolute Gasteiger partial charge is 0.507 e. The van der Waals surface area contributed by atoms with Gasteiger partial charge in [-0.2, -0.15) is 9.15 Å². The lowest BCUT2D eigenvalue weighted by atomic mass is 9.71. The number of rotatable bonds is 8. The Balaban J connectivity index is 1.52. The molecule has 6 N–H and O–H groups in total. The second-order valence-corrected chi connectivity index (χ2v) is 11.1. The number of aliphatic hydroxyl groups excluding tert-OH is 6. The maximum atomic E-state index is 11.2. The van der Waals surface area contributed by atoms with E-state index in [-0.39, 0.29) is 45.3 Å². The quantitative estimate of drug-likeness (QED) is 0.199. The van der Waals surface area contributed by atoms with Crippen LogP contribution in [0.15, 0.2) is 130 Å². The van der Waals surface area contributed by atoms with Crippen molar-refractivity contribution < 1.29 is 39.8 Å². The minimum absolute atomic E-state index is 0.0156. The van der Waals surface area contributed by atoms with Crippen molar-refractivity contribution in [1.29, 1.82) is 0 Å². The molecule has 8 nitrogen and oxygen atoms in total. The number of para-hydroxylation sites is 2. The van der Waals surface area contributed by atoms with Gasteiger partial charge in [-0.25, -0.2) is 0 Å². The van der Waals surface area contributed by atoms with Gasteiger partial charge in [-0.05, 0) is 0 Å². The van der Waals surface area contributed by atoms with E-state index in [1.807, 2.05) is 69.8 Å². The number of allylic oxidation sites excluding steroid dienone is 4. The minimum Gasteiger partial charge on any atom is -0.507 e. The van der Waals surface area contributed by atoms with Crippen LogP contribution in [0, 0.1) is 0 Å². The zero-order valence-electron chi connectivity index (χ0n) is 25.1. The molecule has 2 aromatic carbocycles. The maximum absolute atomic E-state index is 11.2. The molecule has 0 heterocycles. The Labute approximate surface area is 257 Å². The Kier molecular flexibility index (Phi) is 9.32. The molecule has 0 spiro atoms. The van der Waals surface area contributed by atoms with Crippen LogP contribution in [-0.2, 0) is 0 Å². The zero-order chi connectivity index (χ0) is 31.4. The summed E-state index contributed by atoms with van der Waals surface area (Å²) in [6.45, 7) is 5.49. The third-order valence-corrected chi connectivity index (χ3v) is 8.15. The molecule has 1 saturated carbocycles. The highest BCUT2D eigenvalue weighted by atomic mass is 16.3. The molecule has 0 aromatic heterocycles. The summed E-state index contributed by atoms with van der Waals surface area (Å²) in [4.78, 5) is 0. The summed E-state index contributed by atoms with van der Waals surface area (Å²) in [7, 11) is 0. The lowest BCUT2D eigenvalue weighted by Gasteiger charge is -2.39. The lowest BCUT2D eigenvalue weighted by molar-refractivity contribution is -0.440. The molecule has 0 radical (unpaired) electrons. The predicted molar refractivity (Wildman–Crippen MR) is 171 cm³/mol. The van der Waals surface area contributed by atoms with E-state index < -0.39 is 12.2 Å². The molecule has 5 rings (SSSR count). The number of aliphatic hydroxyl groups is 6. The van der Waals surface area contributed by atoms with Gasteiger partial charge in [0.15, 0.2) is 0 Å². The third kappa shape index (κ3) is 5.91. The van der Waals surface area contributed by atoms with Crippen molar-refractivity contribution in [2.24, 2.45) is 0 Å². The fourth-order valence-electron chi connectivity index (χ4n) is 5.85. The fourth-order valence-corrected chi connectivity index (χ4v) is 5.85. The number of hydrogen-bond acceptors (Lipinski definition) is 6. The summed E-state index contributed by atoms with van der Waals surface area (Å²) in [6.07, 6.45) is 6.78. The van der Waals surface area contributed by atoms with Gasteiger partial charge in [0.2, 0.25) is 22.8 Å². The standard InChI is InChI=1S/C36H38N2O6/c1-3-5-17-37(23-13-9-7-10-14-23)25-19-27(39)31(28(40)20-25)33-35(43)34(36(33)44)32-29(41)21-26(22-30(32)42)38(18-6-4-2)24-15-11-8-12-16-24/h7-16,19-22,35-36,43-44H,3-6,17-18H2,1-2H3,(H2,39,40,41,42)/p+2. The normalized spacial score (nSPS) is 20.1. The molecule has 0 saturated heterocycles. The average molecular weight is 597 g/mol. The van der Waals surface area contributed by atoms with E-state index in [0.29, 0.717) is 24.5 Å². The third-order valence-electron chi connectivity index (χ3n) is 8.15. The molecule has 8 heteroatoms. The van der Waals surface area contributed by atoms with Crippen molar-refractivity contribution in [2.75, 3.05) is 13.1 Å². The number of benzene rings is 2. The Hall–Kier alpha value is -4.66. The van der Waals surface area contributed by atoms with Crippen molar-refractivity contribution in [1.82, 2.24) is 0 Å². The lowest BCUT2D eigenvalue weighted by Crippen LogP contribution is -2.44. The van der Waals surface area contributed by atoms with E-state index in [1.54, 1.807) is 0 Å². The number of unbranched alkanes of at least 4 members (excludes halogenated alkanes) is 2. The highest BCUT2D eigenvalue weighted by Crippen LogP contribution is 2.44. The first-order valence-corrected chi connectivity index (χ1v) is 15.1. The summed E-state index contributed by atoms with van der Waals surface area (Å²) in [5, 5.41) is 66.6. The Bertz CT molecular complexity index is 1490. The van der Waals surface area contributed by atoms with Gasteiger partial charge >= 0.3 is 0 Å². The van der Waals surface area contributed by atoms with Crippen LogP contribution < -0.4 is 0 Å². The summed E-state index contributed by atoms with van der Waals surface area (Å²) in [6, 6.07) is 19.3. The second kappa shape index (κ2) is 13.3. The Morgan fingerprint density at radius 3 is 1.14 bits per heavy atom. The van der Waals surface area contributed by atoms with Crippen LogP contribution in [0.25, 0.3) is 0 Å². The smallest absolute Gasteiger partial charge is 0.213 e. The van der Waals surface area contributed by atoms with Crippen molar-refractivity contribution in [3.63, 3.8) is 0 Å². The summed E-state index contributed by atoms with van der Waals surface area (Å²) in [5.74, 6) is -1.21. The molecule has 0 amide bonds. The number of nitrogens with zero attached hydrogens (tertiary/aromatic N) is 2. The second-order valence-electron chi connectivity index (χ2n) is 11.1. The predicted octanol–water partition coefficient (Wildman–Crippen LogP) is 6.28. The first-order chi connectivity index (χ1) is 21.3. The molecule has 2 aromatic rings. The fraction of sp³-hybridized carbons (Fsp3) is 0.278. The highest BCUT2D eigenvalue weighted by Gasteiger charge is 2.47. The summed E-state index contributed by atoms with van der Waals surface area (Å²) < 4.78 is 3.97. The zero-order valence-corrected chi connectivity index (χ0v) is 25.1. The van der Waals surface area contributed by atoms with Gasteiger partial charge in [0.1, 0.15) is 48.3 Å². The Morgan fingerprint density at radius 2 is 0.841 bits per heavy atom. The van der Waals surface area contributed by atoms with Crippen molar-refractivity contribution in [3.05, 3.63) is 130 Å². The van der Waals surface area contributed by atoms with Crippen LogP contribution in [-0.4, -0.2) is 76.5 Å². The molecule has 228 valence electrons. The van der Waals surface area contributed by atoms with Gasteiger partial charge in [-0.15, -0.1) is 0 Å². The first-order valence-electron chi connectivity index (χ1n) is 15.1. The monoisotopic (exact) mass is 596 g/mol. The molecule has 3 aliphatic carbocycles. The van der Waals surface area contributed by atoms with Crippen LogP contribution in [0.3, 0.4) is 0 Å². The minimum atomic E-state index is -1.45. The van der Waals surface area contributed by atoms with E-state index in [0.717, 1.165) is 37.1 Å². The van der Waals surface area contributed by atoms with Crippen LogP contribution in [0.1, 0.15) is 39.5 Å². The van der Waals surface area contributed by atoms with Crippen LogP contribution in [0.2, 0.25) is 0 Å². The maximum Gasteiger partial charge on any atom is 0.213 e. The van der Waals surface area contributed by atoms with Crippen molar-refractivity contribution in [3.8, 4) is 0 Å². The Morgan fingerprint density at radius 1 is 0.523 bits per heavy atom. The topological polar surface area (TPSA) is 127 Å². The first kappa shape index (κ1) is 30.8. The molecule has 1 fully saturated rings. The van der Waals surface area contributed by atoms with Gasteiger partial charge in [0.25, 0.3) is 0 Å². The summed E-state index contributed by atoms with van der Waals surface area (Å²) in [5.41, 5.74) is 2.74. The molecule has 0 bridgehead atoms. The molecule has 3 aliphatic rings. The molecule has 0 unspecified atom stereocenters. The van der Waals surface area contributed by atoms with Crippen LogP contribution >= 0.6 is 0 Å². The molecular formula is C36H40N2O6+2. The van der Waals surface area contributed by atoms with E-state index >= 15 is 0 Å². The van der Waals surface area contributed by atoms with Crippen molar-refractivity contribution in [2.45, 2.75) is 51.7 Å². The summed E-state index contributed by atoms with van der Waals surface area (Å²) >= 11 is 0. The highest BCUT2D eigenvalue weighted by molar-refractivity contribution is 6.05. The van der Waals surface area contributed by atoms with Crippen LogP contribution in [0.4, 0.5) is 11.4 Å². The average Bonchev–Trinajstić information content (AvgIpc) is 3.02. The van der Waals surface area contributed by atoms with E-state index in [2.05, 4.69) is 13.8 Å². The van der Waals surface area contributed by atoms with Gasteiger partial charge < -0.3 is 30.6 Å². The number of hydrogen-bond donors (Lipinski definition) is 6.